The Morgan fingerprint density at radius 3 is 2.59 bits per heavy atom. The van der Waals surface area contributed by atoms with Gasteiger partial charge in [0.2, 0.25) is 5.89 Å². The Morgan fingerprint density at radius 2 is 1.95 bits per heavy atom. The molecule has 2 aromatic rings. The molecule has 116 valence electrons. The molecular weight excluding hydrogens is 280 g/mol. The van der Waals surface area contributed by atoms with Gasteiger partial charge in [-0.25, -0.2) is 4.79 Å². The molecule has 0 saturated heterocycles. The Morgan fingerprint density at radius 1 is 1.27 bits per heavy atom. The van der Waals surface area contributed by atoms with Gasteiger partial charge in [-0.1, -0.05) is 49.3 Å². The molecule has 0 amide bonds. The number of carboxylic acid groups (broad SMARTS) is 1. The molecule has 0 aliphatic carbocycles. The molecule has 5 heteroatoms. The maximum atomic E-state index is 10.7. The highest BCUT2D eigenvalue weighted by Crippen LogP contribution is 2.12. The molecule has 1 heterocycles. The second-order valence-electron chi connectivity index (χ2n) is 5.29. The summed E-state index contributed by atoms with van der Waals surface area (Å²) in [7, 11) is 0. The van der Waals surface area contributed by atoms with E-state index in [9.17, 15) is 4.79 Å². The van der Waals surface area contributed by atoms with Gasteiger partial charge in [0.1, 0.15) is 0 Å². The van der Waals surface area contributed by atoms with Crippen LogP contribution in [0.25, 0.3) is 0 Å². The minimum atomic E-state index is -1.05. The van der Waals surface area contributed by atoms with Crippen molar-refractivity contribution in [3.8, 4) is 0 Å². The fraction of sp³-hybridized carbons (Fsp3) is 0.353. The van der Waals surface area contributed by atoms with Gasteiger partial charge in [0, 0.05) is 12.0 Å². The standard InChI is InChI=1S/C17H20N2O3/c1-3-4-5-13-6-8-14(9-7-13)11-16-18-15(19-22-16)10-12(2)17(20)21/h6-9H,2-5,10-11H2,1H3,(H,20,21). The van der Waals surface area contributed by atoms with E-state index < -0.39 is 5.97 Å². The lowest BCUT2D eigenvalue weighted by Crippen LogP contribution is -2.03. The first-order valence-electron chi connectivity index (χ1n) is 7.39. The Hall–Kier alpha value is -2.43. The smallest absolute Gasteiger partial charge is 0.331 e. The normalized spacial score (nSPS) is 10.6. The quantitative estimate of drug-likeness (QED) is 0.758. The average Bonchev–Trinajstić information content (AvgIpc) is 2.93. The summed E-state index contributed by atoms with van der Waals surface area (Å²) in [4.78, 5) is 14.9. The van der Waals surface area contributed by atoms with Crippen LogP contribution < -0.4 is 0 Å². The van der Waals surface area contributed by atoms with Crippen molar-refractivity contribution in [3.63, 3.8) is 0 Å². The fourth-order valence-electron chi connectivity index (χ4n) is 2.08. The Kier molecular flexibility index (Phi) is 5.47. The highest BCUT2D eigenvalue weighted by molar-refractivity contribution is 5.86. The minimum Gasteiger partial charge on any atom is -0.478 e. The molecule has 5 nitrogen and oxygen atoms in total. The maximum absolute atomic E-state index is 10.7. The lowest BCUT2D eigenvalue weighted by Gasteiger charge is -2.01. The van der Waals surface area contributed by atoms with Crippen LogP contribution in [0.2, 0.25) is 0 Å². The van der Waals surface area contributed by atoms with E-state index in [2.05, 4.69) is 47.9 Å². The number of aliphatic carboxylic acids is 1. The van der Waals surface area contributed by atoms with Crippen LogP contribution >= 0.6 is 0 Å². The number of unbranched alkanes of at least 4 members (excludes halogenated alkanes) is 1. The molecule has 22 heavy (non-hydrogen) atoms. The number of hydrogen-bond acceptors (Lipinski definition) is 4. The monoisotopic (exact) mass is 300 g/mol. The number of nitrogens with zero attached hydrogens (tertiary/aromatic N) is 2. The molecule has 1 N–H and O–H groups in total. The lowest BCUT2D eigenvalue weighted by molar-refractivity contribution is -0.132. The summed E-state index contributed by atoms with van der Waals surface area (Å²) in [5.74, 6) is -0.217. The van der Waals surface area contributed by atoms with Crippen molar-refractivity contribution in [1.82, 2.24) is 10.1 Å². The van der Waals surface area contributed by atoms with E-state index in [1.54, 1.807) is 0 Å². The molecule has 1 aromatic heterocycles. The molecule has 0 aliphatic heterocycles. The molecule has 0 fully saturated rings. The number of hydrogen-bond donors (Lipinski definition) is 1. The third-order valence-corrected chi connectivity index (χ3v) is 3.38. The van der Waals surface area contributed by atoms with Crippen molar-refractivity contribution >= 4 is 5.97 Å². The molecule has 0 unspecified atom stereocenters. The second kappa shape index (κ2) is 7.54. The van der Waals surface area contributed by atoms with Crippen LogP contribution in [0.5, 0.6) is 0 Å². The topological polar surface area (TPSA) is 76.2 Å². The SMILES string of the molecule is C=C(Cc1noc(Cc2ccc(CCCC)cc2)n1)C(=O)O. The van der Waals surface area contributed by atoms with E-state index in [1.807, 2.05) is 0 Å². The van der Waals surface area contributed by atoms with E-state index in [1.165, 1.54) is 18.4 Å². The first-order chi connectivity index (χ1) is 10.6. The van der Waals surface area contributed by atoms with E-state index in [0.29, 0.717) is 18.1 Å². The van der Waals surface area contributed by atoms with Gasteiger partial charge in [-0.2, -0.15) is 4.98 Å². The first-order valence-corrected chi connectivity index (χ1v) is 7.39. The molecule has 0 bridgehead atoms. The molecule has 0 aliphatic rings. The van der Waals surface area contributed by atoms with E-state index in [4.69, 9.17) is 9.63 Å². The van der Waals surface area contributed by atoms with Gasteiger partial charge in [-0.05, 0) is 24.0 Å². The lowest BCUT2D eigenvalue weighted by atomic mass is 10.1. The number of aromatic nitrogens is 2. The Labute approximate surface area is 129 Å². The predicted molar refractivity (Wildman–Crippen MR) is 82.6 cm³/mol. The van der Waals surface area contributed by atoms with Gasteiger partial charge in [-0.15, -0.1) is 0 Å². The van der Waals surface area contributed by atoms with Gasteiger partial charge in [0.25, 0.3) is 0 Å². The number of carbonyl (C=O) groups is 1. The third-order valence-electron chi connectivity index (χ3n) is 3.38. The largest absolute Gasteiger partial charge is 0.478 e. The maximum Gasteiger partial charge on any atom is 0.331 e. The molecule has 0 atom stereocenters. The minimum absolute atomic E-state index is 0.0487. The van der Waals surface area contributed by atoms with Crippen molar-refractivity contribution in [1.29, 1.82) is 0 Å². The van der Waals surface area contributed by atoms with Crippen LogP contribution in [0.4, 0.5) is 0 Å². The van der Waals surface area contributed by atoms with E-state index in [0.717, 1.165) is 12.0 Å². The van der Waals surface area contributed by atoms with Gasteiger partial charge in [-0.3, -0.25) is 0 Å². The summed E-state index contributed by atoms with van der Waals surface area (Å²) in [5, 5.41) is 12.6. The zero-order valence-corrected chi connectivity index (χ0v) is 12.7. The zero-order valence-electron chi connectivity index (χ0n) is 12.7. The van der Waals surface area contributed by atoms with Crippen LogP contribution in [0.15, 0.2) is 40.9 Å². The number of benzene rings is 1. The summed E-state index contributed by atoms with van der Waals surface area (Å²) in [6, 6.07) is 8.36. The first kappa shape index (κ1) is 15.9. The molecular formula is C17H20N2O3. The average molecular weight is 300 g/mol. The van der Waals surface area contributed by atoms with Crippen molar-refractivity contribution in [2.45, 2.75) is 39.0 Å². The van der Waals surface area contributed by atoms with Gasteiger partial charge in [0.05, 0.1) is 6.42 Å². The summed E-state index contributed by atoms with van der Waals surface area (Å²) >= 11 is 0. The molecule has 0 saturated carbocycles. The Balaban J connectivity index is 1.95. The number of aryl methyl sites for hydroxylation is 1. The van der Waals surface area contributed by atoms with Gasteiger partial charge in [0.15, 0.2) is 5.82 Å². The second-order valence-corrected chi connectivity index (χ2v) is 5.29. The number of carboxylic acids is 1. The van der Waals surface area contributed by atoms with Crippen LogP contribution in [0.3, 0.4) is 0 Å². The number of rotatable bonds is 8. The fourth-order valence-corrected chi connectivity index (χ4v) is 2.08. The summed E-state index contributed by atoms with van der Waals surface area (Å²) in [6.07, 6.45) is 4.11. The summed E-state index contributed by atoms with van der Waals surface area (Å²) < 4.78 is 5.15. The molecule has 2 rings (SSSR count). The Bertz CT molecular complexity index is 644. The van der Waals surface area contributed by atoms with Crippen molar-refractivity contribution in [2.75, 3.05) is 0 Å². The van der Waals surface area contributed by atoms with Crippen LogP contribution in [0, 0.1) is 0 Å². The van der Waals surface area contributed by atoms with Gasteiger partial charge >= 0.3 is 5.97 Å². The van der Waals surface area contributed by atoms with Crippen LogP contribution in [0.1, 0.15) is 42.6 Å². The molecule has 0 radical (unpaired) electrons. The van der Waals surface area contributed by atoms with Crippen molar-refractivity contribution in [3.05, 3.63) is 59.3 Å². The van der Waals surface area contributed by atoms with Crippen molar-refractivity contribution in [2.24, 2.45) is 0 Å². The third kappa shape index (κ3) is 4.55. The predicted octanol–water partition coefficient (Wildman–Crippen LogP) is 3.19. The van der Waals surface area contributed by atoms with E-state index >= 15 is 0 Å². The van der Waals surface area contributed by atoms with Crippen molar-refractivity contribution < 1.29 is 14.4 Å². The van der Waals surface area contributed by atoms with Crippen LogP contribution in [-0.2, 0) is 24.1 Å². The summed E-state index contributed by atoms with van der Waals surface area (Å²) in [6.45, 7) is 5.64. The summed E-state index contributed by atoms with van der Waals surface area (Å²) in [5.41, 5.74) is 2.47. The highest BCUT2D eigenvalue weighted by Gasteiger charge is 2.12. The zero-order chi connectivity index (χ0) is 15.9. The highest BCUT2D eigenvalue weighted by atomic mass is 16.5. The van der Waals surface area contributed by atoms with Crippen LogP contribution in [-0.4, -0.2) is 21.2 Å². The molecule has 0 spiro atoms. The van der Waals surface area contributed by atoms with E-state index in [-0.39, 0.29) is 12.0 Å². The molecule has 1 aromatic carbocycles. The van der Waals surface area contributed by atoms with Gasteiger partial charge < -0.3 is 9.63 Å².